The van der Waals surface area contributed by atoms with E-state index < -0.39 is 45.0 Å². The Morgan fingerprint density at radius 2 is 1.72 bits per heavy atom. The standard InChI is InChI=1S/C8H18NO8P/c1-15-18(14,16-2)9-8-7(13)6(12)5(11)4(3-10)17-8/h4-8,10-13H,3H2,1-2H3,(H,9,14)/t4-,5+,6+,7-,8-/m1/s1. The lowest BCUT2D eigenvalue weighted by molar-refractivity contribution is -0.232. The quantitative estimate of drug-likeness (QED) is 0.356. The van der Waals surface area contributed by atoms with Gasteiger partial charge in [0.1, 0.15) is 30.6 Å². The van der Waals surface area contributed by atoms with Crippen LogP contribution in [0, 0.1) is 0 Å². The fourth-order valence-corrected chi connectivity index (χ4v) is 2.43. The van der Waals surface area contributed by atoms with Crippen molar-refractivity contribution in [2.75, 3.05) is 20.8 Å². The molecule has 10 heteroatoms. The van der Waals surface area contributed by atoms with Crippen LogP contribution in [0.1, 0.15) is 0 Å². The SMILES string of the molecule is COP(=O)(N[C@@H]1O[C@H](CO)[C@H](O)[C@H](O)[C@H]1O)OC. The first-order valence-corrected chi connectivity index (χ1v) is 6.72. The maximum absolute atomic E-state index is 11.8. The lowest BCUT2D eigenvalue weighted by Crippen LogP contribution is -2.61. The first-order valence-electron chi connectivity index (χ1n) is 5.18. The molecule has 1 aliphatic rings. The minimum absolute atomic E-state index is 0.576. The van der Waals surface area contributed by atoms with Crippen LogP contribution in [0.3, 0.4) is 0 Å². The highest BCUT2D eigenvalue weighted by Crippen LogP contribution is 2.43. The van der Waals surface area contributed by atoms with Gasteiger partial charge in [-0.15, -0.1) is 0 Å². The fraction of sp³-hybridized carbons (Fsp3) is 1.00. The van der Waals surface area contributed by atoms with Crippen molar-refractivity contribution in [2.24, 2.45) is 0 Å². The van der Waals surface area contributed by atoms with Crippen LogP contribution < -0.4 is 5.09 Å². The summed E-state index contributed by atoms with van der Waals surface area (Å²) in [6.45, 7) is -0.576. The van der Waals surface area contributed by atoms with E-state index in [1.807, 2.05) is 0 Å². The van der Waals surface area contributed by atoms with Crippen LogP contribution in [0.25, 0.3) is 0 Å². The molecule has 1 heterocycles. The Kier molecular flexibility index (Phi) is 5.66. The van der Waals surface area contributed by atoms with Crippen molar-refractivity contribution in [3.8, 4) is 0 Å². The smallest absolute Gasteiger partial charge is 0.394 e. The Hall–Kier alpha value is -0.0900. The van der Waals surface area contributed by atoms with Crippen LogP contribution in [0.2, 0.25) is 0 Å². The van der Waals surface area contributed by atoms with E-state index in [0.29, 0.717) is 0 Å². The molecule has 0 unspecified atom stereocenters. The molecule has 0 bridgehead atoms. The minimum Gasteiger partial charge on any atom is -0.394 e. The van der Waals surface area contributed by atoms with Crippen molar-refractivity contribution >= 4 is 7.75 Å². The molecule has 0 spiro atoms. The summed E-state index contributed by atoms with van der Waals surface area (Å²) in [7, 11) is -1.43. The average molecular weight is 287 g/mol. The molecular formula is C8H18NO8P. The summed E-state index contributed by atoms with van der Waals surface area (Å²) in [6.07, 6.45) is -7.00. The third-order valence-corrected chi connectivity index (χ3v) is 4.19. The van der Waals surface area contributed by atoms with Crippen molar-refractivity contribution in [1.82, 2.24) is 5.09 Å². The number of hydrogen-bond donors (Lipinski definition) is 5. The molecule has 0 radical (unpaired) electrons. The molecule has 9 nitrogen and oxygen atoms in total. The van der Waals surface area contributed by atoms with Gasteiger partial charge >= 0.3 is 7.75 Å². The number of hydrogen-bond acceptors (Lipinski definition) is 8. The van der Waals surface area contributed by atoms with Crippen LogP contribution in [0.5, 0.6) is 0 Å². The van der Waals surface area contributed by atoms with E-state index in [1.54, 1.807) is 0 Å². The lowest BCUT2D eigenvalue weighted by atomic mass is 9.99. The molecule has 5 atom stereocenters. The molecule has 0 aromatic rings. The van der Waals surface area contributed by atoms with Crippen molar-refractivity contribution in [1.29, 1.82) is 0 Å². The zero-order valence-electron chi connectivity index (χ0n) is 9.96. The van der Waals surface area contributed by atoms with Gasteiger partial charge in [-0.25, -0.2) is 4.57 Å². The second-order valence-electron chi connectivity index (χ2n) is 3.74. The molecule has 18 heavy (non-hydrogen) atoms. The summed E-state index contributed by atoms with van der Waals surface area (Å²) in [4.78, 5) is 0. The van der Waals surface area contributed by atoms with Crippen molar-refractivity contribution < 1.29 is 38.8 Å². The third kappa shape index (κ3) is 3.27. The molecule has 0 saturated carbocycles. The van der Waals surface area contributed by atoms with E-state index in [2.05, 4.69) is 14.1 Å². The molecule has 0 aromatic heterocycles. The number of nitrogens with one attached hydrogen (secondary N) is 1. The fourth-order valence-electron chi connectivity index (χ4n) is 1.54. The molecule has 0 aliphatic carbocycles. The van der Waals surface area contributed by atoms with Crippen LogP contribution >= 0.6 is 7.75 Å². The van der Waals surface area contributed by atoms with Gasteiger partial charge in [-0.3, -0.25) is 0 Å². The van der Waals surface area contributed by atoms with Crippen LogP contribution in [-0.2, 0) is 18.3 Å². The highest BCUT2D eigenvalue weighted by Gasteiger charge is 2.45. The van der Waals surface area contributed by atoms with E-state index in [9.17, 15) is 19.9 Å². The van der Waals surface area contributed by atoms with Crippen LogP contribution in [0.15, 0.2) is 0 Å². The van der Waals surface area contributed by atoms with Gasteiger partial charge in [0.2, 0.25) is 0 Å². The molecular weight excluding hydrogens is 269 g/mol. The Balaban J connectivity index is 2.79. The van der Waals surface area contributed by atoms with Gasteiger partial charge in [0.05, 0.1) is 6.61 Å². The zero-order chi connectivity index (χ0) is 13.9. The molecule has 108 valence electrons. The van der Waals surface area contributed by atoms with Crippen LogP contribution in [0.4, 0.5) is 0 Å². The number of aliphatic hydroxyl groups is 4. The predicted octanol–water partition coefficient (Wildman–Crippen LogP) is -2.22. The summed E-state index contributed by atoms with van der Waals surface area (Å²) < 4.78 is 26.1. The lowest BCUT2D eigenvalue weighted by Gasteiger charge is -2.40. The van der Waals surface area contributed by atoms with Gasteiger partial charge in [0.15, 0.2) is 0 Å². The van der Waals surface area contributed by atoms with Gasteiger partial charge in [-0.1, -0.05) is 0 Å². The number of ether oxygens (including phenoxy) is 1. The van der Waals surface area contributed by atoms with E-state index in [-0.39, 0.29) is 0 Å². The topological polar surface area (TPSA) is 138 Å². The van der Waals surface area contributed by atoms with E-state index in [1.165, 1.54) is 0 Å². The summed E-state index contributed by atoms with van der Waals surface area (Å²) in [6, 6.07) is 0. The maximum atomic E-state index is 11.8. The first-order chi connectivity index (χ1) is 8.38. The Labute approximate surface area is 104 Å². The Morgan fingerprint density at radius 3 is 2.17 bits per heavy atom. The maximum Gasteiger partial charge on any atom is 0.407 e. The van der Waals surface area contributed by atoms with Gasteiger partial charge in [-0.2, -0.15) is 5.09 Å². The Bertz CT molecular complexity index is 305. The molecule has 1 aliphatic heterocycles. The van der Waals surface area contributed by atoms with Crippen molar-refractivity contribution in [2.45, 2.75) is 30.6 Å². The number of aliphatic hydroxyl groups excluding tert-OH is 4. The highest BCUT2D eigenvalue weighted by atomic mass is 31.2. The molecule has 0 aromatic carbocycles. The summed E-state index contributed by atoms with van der Waals surface area (Å²) in [5.41, 5.74) is 0. The average Bonchev–Trinajstić information content (AvgIpc) is 2.39. The normalized spacial score (nSPS) is 37.8. The van der Waals surface area contributed by atoms with Gasteiger partial charge in [-0.05, 0) is 0 Å². The Morgan fingerprint density at radius 1 is 1.17 bits per heavy atom. The highest BCUT2D eigenvalue weighted by molar-refractivity contribution is 7.51. The molecule has 1 rings (SSSR count). The van der Waals surface area contributed by atoms with E-state index in [4.69, 9.17) is 9.84 Å². The molecule has 5 N–H and O–H groups in total. The minimum atomic E-state index is -3.68. The monoisotopic (exact) mass is 287 g/mol. The molecule has 1 saturated heterocycles. The summed E-state index contributed by atoms with van der Waals surface area (Å²) in [5, 5.41) is 39.9. The van der Waals surface area contributed by atoms with Gasteiger partial charge < -0.3 is 34.2 Å². The van der Waals surface area contributed by atoms with Gasteiger partial charge in [0.25, 0.3) is 0 Å². The summed E-state index contributed by atoms with van der Waals surface area (Å²) >= 11 is 0. The largest absolute Gasteiger partial charge is 0.407 e. The summed E-state index contributed by atoms with van der Waals surface area (Å²) in [5.74, 6) is 0. The first kappa shape index (κ1) is 16.0. The third-order valence-electron chi connectivity index (χ3n) is 2.66. The van der Waals surface area contributed by atoms with Crippen molar-refractivity contribution in [3.05, 3.63) is 0 Å². The van der Waals surface area contributed by atoms with Crippen molar-refractivity contribution in [3.63, 3.8) is 0 Å². The second-order valence-corrected chi connectivity index (χ2v) is 5.72. The number of rotatable bonds is 5. The zero-order valence-corrected chi connectivity index (χ0v) is 10.9. The predicted molar refractivity (Wildman–Crippen MR) is 58.5 cm³/mol. The molecule has 0 amide bonds. The van der Waals surface area contributed by atoms with Gasteiger partial charge in [0, 0.05) is 14.2 Å². The second kappa shape index (κ2) is 6.38. The van der Waals surface area contributed by atoms with E-state index in [0.717, 1.165) is 14.2 Å². The van der Waals surface area contributed by atoms with Crippen LogP contribution in [-0.4, -0.2) is 71.9 Å². The molecule has 1 fully saturated rings. The van der Waals surface area contributed by atoms with E-state index >= 15 is 0 Å².